The SMILES string of the molecule is CCCc1c(C=O)n(C(C)CC)c(=O)n1Cc1ccc(-c2ccccc2-n2cnnn2)cc1. The van der Waals surface area contributed by atoms with Crippen molar-refractivity contribution < 1.29 is 4.79 Å². The zero-order chi connectivity index (χ0) is 23.4. The molecule has 0 saturated heterocycles. The lowest BCUT2D eigenvalue weighted by molar-refractivity contribution is 0.111. The molecule has 0 N–H and O–H groups in total. The van der Waals surface area contributed by atoms with Gasteiger partial charge in [0.25, 0.3) is 0 Å². The van der Waals surface area contributed by atoms with E-state index in [0.717, 1.165) is 47.2 Å². The van der Waals surface area contributed by atoms with Gasteiger partial charge in [0.15, 0.2) is 6.29 Å². The molecule has 8 heteroatoms. The lowest BCUT2D eigenvalue weighted by Gasteiger charge is -2.11. The van der Waals surface area contributed by atoms with Gasteiger partial charge >= 0.3 is 5.69 Å². The highest BCUT2D eigenvalue weighted by Crippen LogP contribution is 2.26. The molecule has 8 nitrogen and oxygen atoms in total. The molecule has 2 heterocycles. The van der Waals surface area contributed by atoms with Crippen molar-refractivity contribution in [2.24, 2.45) is 0 Å². The van der Waals surface area contributed by atoms with E-state index in [4.69, 9.17) is 0 Å². The Kier molecular flexibility index (Phi) is 6.63. The lowest BCUT2D eigenvalue weighted by Crippen LogP contribution is -2.28. The fourth-order valence-corrected chi connectivity index (χ4v) is 4.18. The van der Waals surface area contributed by atoms with E-state index < -0.39 is 0 Å². The number of imidazole rings is 1. The molecule has 1 unspecified atom stereocenters. The van der Waals surface area contributed by atoms with Crippen LogP contribution in [0.1, 0.15) is 61.4 Å². The minimum absolute atomic E-state index is 0.0280. The van der Waals surface area contributed by atoms with Gasteiger partial charge in [-0.2, -0.15) is 4.68 Å². The fraction of sp³-hybridized carbons (Fsp3) is 0.320. The number of benzene rings is 2. The second kappa shape index (κ2) is 9.77. The van der Waals surface area contributed by atoms with Crippen LogP contribution in [0.15, 0.2) is 59.7 Å². The van der Waals surface area contributed by atoms with Gasteiger partial charge in [0.05, 0.1) is 17.9 Å². The molecule has 170 valence electrons. The van der Waals surface area contributed by atoms with E-state index in [-0.39, 0.29) is 11.7 Å². The predicted octanol–water partition coefficient (Wildman–Crippen LogP) is 4.08. The van der Waals surface area contributed by atoms with Crippen LogP contribution >= 0.6 is 0 Å². The first kappa shape index (κ1) is 22.4. The molecule has 0 spiro atoms. The molecule has 0 aliphatic heterocycles. The molecule has 1 atom stereocenters. The molecular formula is C25H28N6O2. The van der Waals surface area contributed by atoms with Crippen molar-refractivity contribution in [3.8, 4) is 16.8 Å². The molecule has 2 aromatic heterocycles. The molecule has 4 aromatic rings. The van der Waals surface area contributed by atoms with Crippen molar-refractivity contribution in [2.45, 2.75) is 52.6 Å². The van der Waals surface area contributed by atoms with Gasteiger partial charge in [-0.3, -0.25) is 13.9 Å². The summed E-state index contributed by atoms with van der Waals surface area (Å²) in [5.74, 6) is 0. The maximum absolute atomic E-state index is 13.3. The van der Waals surface area contributed by atoms with Gasteiger partial charge in [-0.15, -0.1) is 5.10 Å². The molecule has 0 saturated carbocycles. The summed E-state index contributed by atoms with van der Waals surface area (Å²) >= 11 is 0. The number of hydrogen-bond donors (Lipinski definition) is 0. The van der Waals surface area contributed by atoms with E-state index in [1.807, 2.05) is 62.4 Å². The first-order valence-corrected chi connectivity index (χ1v) is 11.3. The third-order valence-corrected chi connectivity index (χ3v) is 6.05. The third-order valence-electron chi connectivity index (χ3n) is 6.05. The molecule has 4 rings (SSSR count). The van der Waals surface area contributed by atoms with Gasteiger partial charge in [-0.25, -0.2) is 4.79 Å². The third kappa shape index (κ3) is 4.28. The molecule has 0 aliphatic rings. The first-order chi connectivity index (χ1) is 16.1. The zero-order valence-corrected chi connectivity index (χ0v) is 19.2. The van der Waals surface area contributed by atoms with Crippen molar-refractivity contribution in [2.75, 3.05) is 0 Å². The van der Waals surface area contributed by atoms with Crippen LogP contribution in [0.4, 0.5) is 0 Å². The van der Waals surface area contributed by atoms with Gasteiger partial charge in [-0.05, 0) is 47.4 Å². The van der Waals surface area contributed by atoms with E-state index in [1.54, 1.807) is 20.1 Å². The number of tetrazole rings is 1. The monoisotopic (exact) mass is 444 g/mol. The first-order valence-electron chi connectivity index (χ1n) is 11.3. The Hall–Kier alpha value is -3.81. The van der Waals surface area contributed by atoms with E-state index in [1.165, 1.54) is 0 Å². The minimum atomic E-state index is -0.122. The van der Waals surface area contributed by atoms with Gasteiger partial charge in [0, 0.05) is 11.6 Å². The van der Waals surface area contributed by atoms with E-state index >= 15 is 0 Å². The summed E-state index contributed by atoms with van der Waals surface area (Å²) in [7, 11) is 0. The summed E-state index contributed by atoms with van der Waals surface area (Å²) in [4.78, 5) is 25.2. The number of rotatable bonds is 9. The van der Waals surface area contributed by atoms with Crippen LogP contribution in [0.2, 0.25) is 0 Å². The highest BCUT2D eigenvalue weighted by molar-refractivity contribution is 5.74. The van der Waals surface area contributed by atoms with Crippen LogP contribution in [0, 0.1) is 0 Å². The predicted molar refractivity (Wildman–Crippen MR) is 127 cm³/mol. The van der Waals surface area contributed by atoms with Crippen LogP contribution in [-0.4, -0.2) is 35.6 Å². The molecule has 2 aromatic carbocycles. The zero-order valence-electron chi connectivity index (χ0n) is 19.2. The number of carbonyl (C=O) groups excluding carboxylic acids is 1. The smallest absolute Gasteiger partial charge is 0.296 e. The highest BCUT2D eigenvalue weighted by atomic mass is 16.2. The molecule has 0 fully saturated rings. The number of hydrogen-bond acceptors (Lipinski definition) is 5. The van der Waals surface area contributed by atoms with E-state index in [0.29, 0.717) is 18.7 Å². The minimum Gasteiger partial charge on any atom is -0.296 e. The molecule has 0 amide bonds. The molecule has 0 bridgehead atoms. The summed E-state index contributed by atoms with van der Waals surface area (Å²) in [6, 6.07) is 16.0. The Bertz CT molecular complexity index is 1290. The van der Waals surface area contributed by atoms with Gasteiger partial charge < -0.3 is 0 Å². The lowest BCUT2D eigenvalue weighted by atomic mass is 10.0. The Morgan fingerprint density at radius 2 is 1.82 bits per heavy atom. The maximum Gasteiger partial charge on any atom is 0.329 e. The van der Waals surface area contributed by atoms with Gasteiger partial charge in [0.2, 0.25) is 0 Å². The van der Waals surface area contributed by atoms with Crippen molar-refractivity contribution in [1.82, 2.24) is 29.3 Å². The molecular weight excluding hydrogens is 416 g/mol. The largest absolute Gasteiger partial charge is 0.329 e. The molecule has 33 heavy (non-hydrogen) atoms. The van der Waals surface area contributed by atoms with Crippen LogP contribution in [0.5, 0.6) is 0 Å². The summed E-state index contributed by atoms with van der Waals surface area (Å²) in [6.45, 7) is 6.48. The summed E-state index contributed by atoms with van der Waals surface area (Å²) in [5.41, 5.74) is 5.11. The van der Waals surface area contributed by atoms with Gasteiger partial charge in [-0.1, -0.05) is 62.7 Å². The average molecular weight is 445 g/mol. The summed E-state index contributed by atoms with van der Waals surface area (Å²) < 4.78 is 5.04. The van der Waals surface area contributed by atoms with E-state index in [9.17, 15) is 9.59 Å². The second-order valence-electron chi connectivity index (χ2n) is 8.16. The Labute approximate surface area is 192 Å². The topological polar surface area (TPSA) is 87.6 Å². The van der Waals surface area contributed by atoms with Crippen LogP contribution < -0.4 is 5.69 Å². The Morgan fingerprint density at radius 1 is 1.06 bits per heavy atom. The average Bonchev–Trinajstić information content (AvgIpc) is 3.47. The fourth-order valence-electron chi connectivity index (χ4n) is 4.18. The normalized spacial score (nSPS) is 12.1. The van der Waals surface area contributed by atoms with Gasteiger partial charge in [0.1, 0.15) is 12.0 Å². The standard InChI is InChI=1S/C25H28N6O2/c1-4-8-23-24(16-32)31(18(3)5-2)25(33)29(23)15-19-11-13-20(14-12-19)21-9-6-7-10-22(21)30-17-26-27-28-30/h6-7,9-14,16-18H,4-5,8,15H2,1-3H3. The summed E-state index contributed by atoms with van der Waals surface area (Å²) in [6.07, 6.45) is 4.73. The number of nitrogens with zero attached hydrogens (tertiary/aromatic N) is 6. The number of para-hydroxylation sites is 1. The Morgan fingerprint density at radius 3 is 2.45 bits per heavy atom. The van der Waals surface area contributed by atoms with E-state index in [2.05, 4.69) is 22.4 Å². The van der Waals surface area contributed by atoms with Crippen molar-refractivity contribution in [3.63, 3.8) is 0 Å². The number of aldehydes is 1. The van der Waals surface area contributed by atoms with Crippen molar-refractivity contribution >= 4 is 6.29 Å². The second-order valence-corrected chi connectivity index (χ2v) is 8.16. The number of aromatic nitrogens is 6. The molecule has 0 radical (unpaired) electrons. The quantitative estimate of drug-likeness (QED) is 0.363. The van der Waals surface area contributed by atoms with Crippen molar-refractivity contribution in [3.05, 3.63) is 82.3 Å². The maximum atomic E-state index is 13.3. The van der Waals surface area contributed by atoms with Crippen LogP contribution in [0.3, 0.4) is 0 Å². The Balaban J connectivity index is 1.70. The van der Waals surface area contributed by atoms with Crippen molar-refractivity contribution in [1.29, 1.82) is 0 Å². The van der Waals surface area contributed by atoms with Crippen LogP contribution in [-0.2, 0) is 13.0 Å². The highest BCUT2D eigenvalue weighted by Gasteiger charge is 2.21. The molecule has 0 aliphatic carbocycles. The number of carbonyl (C=O) groups is 1. The van der Waals surface area contributed by atoms with Crippen LogP contribution in [0.25, 0.3) is 16.8 Å². The summed E-state index contributed by atoms with van der Waals surface area (Å²) in [5, 5.41) is 11.5.